The van der Waals surface area contributed by atoms with Crippen LogP contribution in [0.25, 0.3) is 0 Å². The lowest BCUT2D eigenvalue weighted by Crippen LogP contribution is -2.43. The van der Waals surface area contributed by atoms with Crippen LogP contribution in [0, 0.1) is 11.3 Å². The second-order valence-electron chi connectivity index (χ2n) is 5.93. The molecule has 1 N–H and O–H groups in total. The van der Waals surface area contributed by atoms with Crippen LogP contribution >= 0.6 is 0 Å². The second-order valence-corrected chi connectivity index (χ2v) is 5.93. The molecule has 15 heavy (non-hydrogen) atoms. The third kappa shape index (κ3) is 2.73. The molecule has 0 bridgehead atoms. The Morgan fingerprint density at radius 2 is 2.00 bits per heavy atom. The minimum Gasteiger partial charge on any atom is -0.377 e. The smallest absolute Gasteiger partial charge is 0.0733 e. The zero-order valence-electron chi connectivity index (χ0n) is 10.4. The van der Waals surface area contributed by atoms with E-state index >= 15 is 0 Å². The molecule has 0 aromatic heterocycles. The Morgan fingerprint density at radius 1 is 1.27 bits per heavy atom. The normalized spacial score (nSPS) is 34.6. The molecule has 0 amide bonds. The maximum atomic E-state index is 6.03. The summed E-state index contributed by atoms with van der Waals surface area (Å²) < 4.78 is 6.03. The summed E-state index contributed by atoms with van der Waals surface area (Å²) >= 11 is 0. The molecule has 0 radical (unpaired) electrons. The molecule has 2 saturated carbocycles. The molecule has 88 valence electrons. The SMILES string of the molecule is CNC1C(OCCC2CC2)CCC1(C)C. The van der Waals surface area contributed by atoms with Crippen LogP contribution in [-0.4, -0.2) is 25.8 Å². The largest absolute Gasteiger partial charge is 0.377 e. The van der Waals surface area contributed by atoms with Gasteiger partial charge in [0.1, 0.15) is 0 Å². The number of nitrogens with one attached hydrogen (secondary N) is 1. The highest BCUT2D eigenvalue weighted by atomic mass is 16.5. The quantitative estimate of drug-likeness (QED) is 0.754. The first-order valence-corrected chi connectivity index (χ1v) is 6.42. The average molecular weight is 211 g/mol. The first-order valence-electron chi connectivity index (χ1n) is 6.42. The fourth-order valence-corrected chi connectivity index (χ4v) is 2.89. The van der Waals surface area contributed by atoms with Crippen molar-refractivity contribution in [3.8, 4) is 0 Å². The Bertz CT molecular complexity index is 211. The van der Waals surface area contributed by atoms with E-state index in [9.17, 15) is 0 Å². The third-order valence-electron chi connectivity index (χ3n) is 4.15. The van der Waals surface area contributed by atoms with Crippen molar-refractivity contribution >= 4 is 0 Å². The third-order valence-corrected chi connectivity index (χ3v) is 4.15. The van der Waals surface area contributed by atoms with Gasteiger partial charge in [-0.1, -0.05) is 26.7 Å². The highest BCUT2D eigenvalue weighted by Crippen LogP contribution is 2.39. The van der Waals surface area contributed by atoms with Crippen LogP contribution in [0.5, 0.6) is 0 Å². The van der Waals surface area contributed by atoms with Crippen molar-refractivity contribution in [3.63, 3.8) is 0 Å². The Labute approximate surface area is 93.8 Å². The fraction of sp³-hybridized carbons (Fsp3) is 1.00. The highest BCUT2D eigenvalue weighted by Gasteiger charge is 2.41. The van der Waals surface area contributed by atoms with Crippen LogP contribution in [0.15, 0.2) is 0 Å². The van der Waals surface area contributed by atoms with Crippen LogP contribution in [0.3, 0.4) is 0 Å². The van der Waals surface area contributed by atoms with E-state index in [0.29, 0.717) is 17.6 Å². The molecule has 0 aromatic carbocycles. The van der Waals surface area contributed by atoms with E-state index in [1.165, 1.54) is 32.1 Å². The molecule has 2 nitrogen and oxygen atoms in total. The van der Waals surface area contributed by atoms with E-state index in [2.05, 4.69) is 26.2 Å². The predicted octanol–water partition coefficient (Wildman–Crippen LogP) is 2.58. The molecule has 2 aliphatic rings. The number of rotatable bonds is 5. The van der Waals surface area contributed by atoms with Gasteiger partial charge in [-0.3, -0.25) is 0 Å². The van der Waals surface area contributed by atoms with E-state index in [-0.39, 0.29) is 0 Å². The van der Waals surface area contributed by atoms with E-state index in [0.717, 1.165) is 12.5 Å². The van der Waals surface area contributed by atoms with Crippen LogP contribution < -0.4 is 5.32 Å². The van der Waals surface area contributed by atoms with E-state index < -0.39 is 0 Å². The standard InChI is InChI=1S/C13H25NO/c1-13(2)8-6-11(12(13)14-3)15-9-7-10-4-5-10/h10-12,14H,4-9H2,1-3H3. The van der Waals surface area contributed by atoms with Gasteiger partial charge in [0.05, 0.1) is 6.10 Å². The Hall–Kier alpha value is -0.0800. The molecule has 2 atom stereocenters. The highest BCUT2D eigenvalue weighted by molar-refractivity contribution is 4.96. The van der Waals surface area contributed by atoms with Crippen molar-refractivity contribution in [1.82, 2.24) is 5.32 Å². The summed E-state index contributed by atoms with van der Waals surface area (Å²) in [7, 11) is 2.06. The number of hydrogen-bond donors (Lipinski definition) is 1. The van der Waals surface area contributed by atoms with E-state index in [4.69, 9.17) is 4.74 Å². The van der Waals surface area contributed by atoms with Crippen molar-refractivity contribution in [2.75, 3.05) is 13.7 Å². The number of ether oxygens (including phenoxy) is 1. The van der Waals surface area contributed by atoms with Crippen LogP contribution in [0.1, 0.15) is 46.0 Å². The maximum Gasteiger partial charge on any atom is 0.0733 e. The molecule has 2 rings (SSSR count). The molecular formula is C13H25NO. The first-order chi connectivity index (χ1) is 7.13. The Balaban J connectivity index is 1.75. The molecule has 0 spiro atoms. The van der Waals surface area contributed by atoms with Gasteiger partial charge in [-0.25, -0.2) is 0 Å². The zero-order valence-corrected chi connectivity index (χ0v) is 10.4. The van der Waals surface area contributed by atoms with Crippen molar-refractivity contribution < 1.29 is 4.74 Å². The second kappa shape index (κ2) is 4.42. The van der Waals surface area contributed by atoms with Gasteiger partial charge in [-0.05, 0) is 37.6 Å². The summed E-state index contributed by atoms with van der Waals surface area (Å²) in [5, 5.41) is 3.43. The van der Waals surface area contributed by atoms with Crippen LogP contribution in [-0.2, 0) is 4.74 Å². The maximum absolute atomic E-state index is 6.03. The van der Waals surface area contributed by atoms with Crippen molar-refractivity contribution in [1.29, 1.82) is 0 Å². The molecule has 2 heteroatoms. The molecule has 0 heterocycles. The summed E-state index contributed by atoms with van der Waals surface area (Å²) in [6, 6.07) is 0.539. The van der Waals surface area contributed by atoms with Crippen LogP contribution in [0.2, 0.25) is 0 Å². The minimum absolute atomic E-state index is 0.402. The Kier molecular flexibility index (Phi) is 3.36. The summed E-state index contributed by atoms with van der Waals surface area (Å²) in [5.41, 5.74) is 0.402. The molecule has 0 saturated heterocycles. The van der Waals surface area contributed by atoms with Crippen molar-refractivity contribution in [3.05, 3.63) is 0 Å². The van der Waals surface area contributed by atoms with Gasteiger partial charge in [0.25, 0.3) is 0 Å². The van der Waals surface area contributed by atoms with Crippen molar-refractivity contribution in [2.45, 2.75) is 58.1 Å². The number of hydrogen-bond acceptors (Lipinski definition) is 2. The molecule has 0 aliphatic heterocycles. The van der Waals surface area contributed by atoms with Crippen molar-refractivity contribution in [2.24, 2.45) is 11.3 Å². The van der Waals surface area contributed by atoms with Gasteiger partial charge in [0.15, 0.2) is 0 Å². The number of likely N-dealkylation sites (N-methyl/N-ethyl adjacent to an activating group) is 1. The molecule has 2 fully saturated rings. The topological polar surface area (TPSA) is 21.3 Å². The summed E-state index contributed by atoms with van der Waals surface area (Å²) in [6.07, 6.45) is 7.12. The molecular weight excluding hydrogens is 186 g/mol. The predicted molar refractivity (Wildman–Crippen MR) is 62.9 cm³/mol. The lowest BCUT2D eigenvalue weighted by atomic mass is 9.87. The lowest BCUT2D eigenvalue weighted by molar-refractivity contribution is 0.0258. The zero-order chi connectivity index (χ0) is 10.9. The summed E-state index contributed by atoms with van der Waals surface area (Å²) in [4.78, 5) is 0. The Morgan fingerprint density at radius 3 is 2.60 bits per heavy atom. The summed E-state index contributed by atoms with van der Waals surface area (Å²) in [6.45, 7) is 5.67. The van der Waals surface area contributed by atoms with Gasteiger partial charge < -0.3 is 10.1 Å². The van der Waals surface area contributed by atoms with Gasteiger partial charge in [0.2, 0.25) is 0 Å². The molecule has 2 unspecified atom stereocenters. The van der Waals surface area contributed by atoms with Gasteiger partial charge in [0, 0.05) is 12.6 Å². The van der Waals surface area contributed by atoms with Crippen LogP contribution in [0.4, 0.5) is 0 Å². The molecule has 0 aromatic rings. The first kappa shape index (κ1) is 11.4. The van der Waals surface area contributed by atoms with Gasteiger partial charge >= 0.3 is 0 Å². The van der Waals surface area contributed by atoms with Gasteiger partial charge in [-0.2, -0.15) is 0 Å². The van der Waals surface area contributed by atoms with E-state index in [1.807, 2.05) is 0 Å². The monoisotopic (exact) mass is 211 g/mol. The minimum atomic E-state index is 0.402. The average Bonchev–Trinajstić information content (AvgIpc) is 2.93. The lowest BCUT2D eigenvalue weighted by Gasteiger charge is -2.30. The van der Waals surface area contributed by atoms with Gasteiger partial charge in [-0.15, -0.1) is 0 Å². The molecule has 2 aliphatic carbocycles. The fourth-order valence-electron chi connectivity index (χ4n) is 2.89. The van der Waals surface area contributed by atoms with E-state index in [1.54, 1.807) is 0 Å². The summed E-state index contributed by atoms with van der Waals surface area (Å²) in [5.74, 6) is 0.993.